The molecule has 0 saturated heterocycles. The third-order valence-electron chi connectivity index (χ3n) is 5.07. The predicted molar refractivity (Wildman–Crippen MR) is 126 cm³/mol. The lowest BCUT2D eigenvalue weighted by Crippen LogP contribution is -2.28. The molecule has 0 unspecified atom stereocenters. The van der Waals surface area contributed by atoms with E-state index >= 15 is 0 Å². The molecular formula is C24H24N6O2. The summed E-state index contributed by atoms with van der Waals surface area (Å²) < 4.78 is 0. The van der Waals surface area contributed by atoms with Crippen molar-refractivity contribution in [2.24, 2.45) is 0 Å². The van der Waals surface area contributed by atoms with Gasteiger partial charge in [-0.2, -0.15) is 0 Å². The van der Waals surface area contributed by atoms with Crippen molar-refractivity contribution in [2.75, 3.05) is 18.9 Å². The molecule has 0 radical (unpaired) electrons. The van der Waals surface area contributed by atoms with E-state index in [0.29, 0.717) is 30.1 Å². The van der Waals surface area contributed by atoms with E-state index in [0.717, 1.165) is 39.8 Å². The molecule has 2 aromatic heterocycles. The van der Waals surface area contributed by atoms with E-state index in [1.807, 2.05) is 62.5 Å². The molecule has 0 bridgehead atoms. The van der Waals surface area contributed by atoms with Crippen LogP contribution < -0.4 is 16.0 Å². The van der Waals surface area contributed by atoms with E-state index in [1.54, 1.807) is 6.20 Å². The Morgan fingerprint density at radius 2 is 2.00 bits per heavy atom. The molecule has 2 heterocycles. The van der Waals surface area contributed by atoms with Crippen molar-refractivity contribution in [1.29, 1.82) is 0 Å². The Bertz CT molecular complexity index is 1270. The molecule has 0 aliphatic rings. The summed E-state index contributed by atoms with van der Waals surface area (Å²) in [6, 6.07) is 15.1. The number of carbonyl (C=O) groups is 2. The Morgan fingerprint density at radius 3 is 2.72 bits per heavy atom. The van der Waals surface area contributed by atoms with E-state index in [2.05, 4.69) is 30.9 Å². The minimum absolute atomic E-state index is 0.332. The quantitative estimate of drug-likeness (QED) is 0.333. The Balaban J connectivity index is 1.85. The van der Waals surface area contributed by atoms with Crippen molar-refractivity contribution in [3.63, 3.8) is 0 Å². The molecule has 0 fully saturated rings. The average molecular weight is 428 g/mol. The third-order valence-corrected chi connectivity index (χ3v) is 5.07. The zero-order chi connectivity index (χ0) is 22.5. The van der Waals surface area contributed by atoms with Gasteiger partial charge < -0.3 is 15.6 Å². The van der Waals surface area contributed by atoms with E-state index in [9.17, 15) is 9.59 Å². The maximum Gasteiger partial charge on any atom is 0.321 e. The second-order valence-corrected chi connectivity index (χ2v) is 7.27. The highest BCUT2D eigenvalue weighted by molar-refractivity contribution is 5.98. The number of nitrogens with one attached hydrogen (secondary N) is 4. The highest BCUT2D eigenvalue weighted by atomic mass is 16.2. The number of amides is 2. The molecule has 2 aromatic carbocycles. The van der Waals surface area contributed by atoms with E-state index < -0.39 is 0 Å². The number of anilines is 1. The van der Waals surface area contributed by atoms with Crippen LogP contribution in [0.2, 0.25) is 0 Å². The summed E-state index contributed by atoms with van der Waals surface area (Å²) in [6.45, 7) is 2.97. The number of fused-ring (bicyclic) bond motifs is 1. The smallest absolute Gasteiger partial charge is 0.321 e. The van der Waals surface area contributed by atoms with Gasteiger partial charge in [0.1, 0.15) is 6.29 Å². The van der Waals surface area contributed by atoms with Crippen LogP contribution in [0.25, 0.3) is 33.4 Å². The zero-order valence-corrected chi connectivity index (χ0v) is 17.9. The first-order valence-electron chi connectivity index (χ1n) is 10.4. The van der Waals surface area contributed by atoms with Gasteiger partial charge in [-0.25, -0.2) is 9.78 Å². The van der Waals surface area contributed by atoms with Gasteiger partial charge in [0.05, 0.1) is 16.7 Å². The molecule has 4 rings (SSSR count). The van der Waals surface area contributed by atoms with Crippen LogP contribution in [0.5, 0.6) is 0 Å². The molecule has 2 amide bonds. The Kier molecular flexibility index (Phi) is 6.23. The summed E-state index contributed by atoms with van der Waals surface area (Å²) in [7, 11) is 1.85. The number of imidazole rings is 1. The van der Waals surface area contributed by atoms with Crippen LogP contribution in [0, 0.1) is 0 Å². The number of hydrogen-bond donors (Lipinski definition) is 4. The third kappa shape index (κ3) is 4.35. The molecular weight excluding hydrogens is 404 g/mol. The summed E-state index contributed by atoms with van der Waals surface area (Å²) in [5.41, 5.74) is 6.42. The summed E-state index contributed by atoms with van der Waals surface area (Å²) in [4.78, 5) is 35.9. The lowest BCUT2D eigenvalue weighted by molar-refractivity contribution is 0.112. The van der Waals surface area contributed by atoms with Crippen LogP contribution in [-0.4, -0.2) is 40.9 Å². The number of H-pyrrole nitrogens is 1. The molecule has 32 heavy (non-hydrogen) atoms. The molecule has 0 spiro atoms. The average Bonchev–Trinajstić information content (AvgIpc) is 3.21. The maximum atomic E-state index is 12.0. The van der Waals surface area contributed by atoms with Gasteiger partial charge in [-0.15, -0.1) is 0 Å². The highest BCUT2D eigenvalue weighted by Gasteiger charge is 2.15. The maximum absolute atomic E-state index is 12.0. The highest BCUT2D eigenvalue weighted by Crippen LogP contribution is 2.33. The molecule has 0 aliphatic heterocycles. The number of urea groups is 1. The number of carbonyl (C=O) groups excluding carboxylic acids is 2. The van der Waals surface area contributed by atoms with Crippen molar-refractivity contribution in [3.05, 3.63) is 65.9 Å². The number of nitrogens with zero attached hydrogens (tertiary/aromatic N) is 2. The number of hydrogen-bond acceptors (Lipinski definition) is 5. The summed E-state index contributed by atoms with van der Waals surface area (Å²) in [5, 5.41) is 8.49. The minimum atomic E-state index is -0.332. The monoisotopic (exact) mass is 428 g/mol. The second kappa shape index (κ2) is 9.40. The number of aromatic amines is 1. The first kappa shape index (κ1) is 21.2. The lowest BCUT2D eigenvalue weighted by atomic mass is 9.96. The summed E-state index contributed by atoms with van der Waals surface area (Å²) in [6.07, 6.45) is 2.60. The molecule has 0 aliphatic carbocycles. The van der Waals surface area contributed by atoms with Crippen LogP contribution in [0.15, 0.2) is 54.7 Å². The molecule has 8 heteroatoms. The normalized spacial score (nSPS) is 10.8. The number of benzene rings is 2. The van der Waals surface area contributed by atoms with Crippen molar-refractivity contribution >= 4 is 29.3 Å². The van der Waals surface area contributed by atoms with Gasteiger partial charge >= 0.3 is 6.03 Å². The summed E-state index contributed by atoms with van der Waals surface area (Å²) >= 11 is 0. The van der Waals surface area contributed by atoms with Gasteiger partial charge in [0.15, 0.2) is 0 Å². The Hall–Kier alpha value is -4.04. The molecule has 0 saturated carbocycles. The Morgan fingerprint density at radius 1 is 1.12 bits per heavy atom. The first-order valence-corrected chi connectivity index (χ1v) is 10.4. The fourth-order valence-corrected chi connectivity index (χ4v) is 3.61. The van der Waals surface area contributed by atoms with Gasteiger partial charge in [-0.1, -0.05) is 18.2 Å². The van der Waals surface area contributed by atoms with Crippen molar-refractivity contribution in [1.82, 2.24) is 25.6 Å². The number of aromatic nitrogens is 3. The van der Waals surface area contributed by atoms with Gasteiger partial charge in [-0.05, 0) is 61.0 Å². The lowest BCUT2D eigenvalue weighted by Gasteiger charge is -2.10. The topological polar surface area (TPSA) is 112 Å². The largest absolute Gasteiger partial charge is 0.338 e. The van der Waals surface area contributed by atoms with E-state index in [-0.39, 0.29) is 6.03 Å². The number of pyridine rings is 1. The van der Waals surface area contributed by atoms with Crippen molar-refractivity contribution < 1.29 is 9.59 Å². The van der Waals surface area contributed by atoms with Crippen LogP contribution in [0.4, 0.5) is 10.7 Å². The van der Waals surface area contributed by atoms with Gasteiger partial charge in [0.25, 0.3) is 0 Å². The molecule has 8 nitrogen and oxygen atoms in total. The number of rotatable bonds is 7. The van der Waals surface area contributed by atoms with Gasteiger partial charge in [0.2, 0.25) is 5.95 Å². The van der Waals surface area contributed by atoms with E-state index in [1.165, 1.54) is 0 Å². The van der Waals surface area contributed by atoms with Gasteiger partial charge in [-0.3, -0.25) is 15.1 Å². The predicted octanol–water partition coefficient (Wildman–Crippen LogP) is 3.97. The van der Waals surface area contributed by atoms with Crippen LogP contribution in [0.3, 0.4) is 0 Å². The minimum Gasteiger partial charge on any atom is -0.338 e. The fraction of sp³-hybridized carbons (Fsp3) is 0.167. The number of aldehydes is 1. The van der Waals surface area contributed by atoms with Crippen molar-refractivity contribution in [3.8, 4) is 22.4 Å². The Labute approximate surface area is 185 Å². The molecule has 162 valence electrons. The van der Waals surface area contributed by atoms with Crippen molar-refractivity contribution in [2.45, 2.75) is 13.5 Å². The van der Waals surface area contributed by atoms with Crippen LogP contribution in [-0.2, 0) is 6.54 Å². The van der Waals surface area contributed by atoms with Gasteiger partial charge in [0, 0.05) is 30.4 Å². The zero-order valence-electron chi connectivity index (χ0n) is 17.9. The van der Waals surface area contributed by atoms with Crippen LogP contribution >= 0.6 is 0 Å². The standard InChI is InChI=1S/C24H24N6O2/c1-3-26-24(32)30-23-28-21-12-17(15-7-8-16(13-25-2)18(10-15)14-31)11-19(22(21)29-23)20-6-4-5-9-27-20/h4-12,14,25H,3,13H2,1-2H3,(H3,26,28,29,30,32). The van der Waals surface area contributed by atoms with E-state index in [4.69, 9.17) is 0 Å². The first-order chi connectivity index (χ1) is 15.6. The molecule has 0 atom stereocenters. The SMILES string of the molecule is CCNC(=O)Nc1nc2c(-c3ccccn3)cc(-c3ccc(CNC)c(C=O)c3)cc2[nH]1. The van der Waals surface area contributed by atoms with Crippen LogP contribution in [0.1, 0.15) is 22.8 Å². The summed E-state index contributed by atoms with van der Waals surface area (Å²) in [5.74, 6) is 0.346. The fourth-order valence-electron chi connectivity index (χ4n) is 3.61. The molecule has 4 N–H and O–H groups in total. The molecule has 4 aromatic rings. The second-order valence-electron chi connectivity index (χ2n) is 7.27.